The van der Waals surface area contributed by atoms with Gasteiger partial charge in [-0.3, -0.25) is 14.4 Å². The molecule has 0 aliphatic rings. The molecule has 0 radical (unpaired) electrons. The molecule has 0 amide bonds. The molecule has 1 atom stereocenters. The number of unbranched alkanes of at least 4 members (excludes halogenated alkanes) is 37. The van der Waals surface area contributed by atoms with Crippen LogP contribution in [0.5, 0.6) is 0 Å². The van der Waals surface area contributed by atoms with Gasteiger partial charge in [0.25, 0.3) is 0 Å². The predicted octanol–water partition coefficient (Wildman–Crippen LogP) is 21.6. The van der Waals surface area contributed by atoms with Gasteiger partial charge in [0, 0.05) is 19.3 Å². The minimum atomic E-state index is -0.771. The van der Waals surface area contributed by atoms with Crippen LogP contribution < -0.4 is 0 Å². The summed E-state index contributed by atoms with van der Waals surface area (Å²) in [5, 5.41) is 0. The molecule has 0 bridgehead atoms. The second kappa shape index (κ2) is 61.7. The van der Waals surface area contributed by atoms with Crippen molar-refractivity contribution < 1.29 is 28.6 Å². The monoisotopic (exact) mass is 1020 g/mol. The van der Waals surface area contributed by atoms with Crippen LogP contribution in [-0.4, -0.2) is 37.2 Å². The zero-order valence-electron chi connectivity index (χ0n) is 48.7. The Morgan fingerprint density at radius 3 is 0.849 bits per heavy atom. The number of esters is 3. The molecule has 0 aromatic heterocycles. The molecule has 0 aliphatic heterocycles. The number of carbonyl (C=O) groups is 3. The van der Waals surface area contributed by atoms with Crippen LogP contribution in [-0.2, 0) is 28.6 Å². The van der Waals surface area contributed by atoms with E-state index in [4.69, 9.17) is 14.2 Å². The third kappa shape index (κ3) is 59.9. The molecule has 6 nitrogen and oxygen atoms in total. The Balaban J connectivity index is 4.02. The molecule has 0 N–H and O–H groups in total. The standard InChI is InChI=1S/C67H120O6/c1-4-7-10-13-16-18-20-22-24-26-27-28-29-30-31-32-33-34-35-36-37-38-39-41-42-44-46-48-51-54-57-60-66(69)72-63-64(62-71-65(68)59-56-53-50-15-12-9-6-3)73-67(70)61-58-55-52-49-47-45-43-40-25-23-21-19-17-14-11-8-5-2/h7,10,16,18,22-25,27-28,64H,4-6,8-9,11-15,17,19-21,26,29-63H2,1-3H3/b10-7-,18-16-,24-22-,25-23-,28-27-. The maximum Gasteiger partial charge on any atom is 0.306 e. The highest BCUT2D eigenvalue weighted by Gasteiger charge is 2.19. The van der Waals surface area contributed by atoms with E-state index < -0.39 is 6.10 Å². The number of hydrogen-bond acceptors (Lipinski definition) is 6. The summed E-state index contributed by atoms with van der Waals surface area (Å²) in [7, 11) is 0. The van der Waals surface area contributed by atoms with E-state index in [-0.39, 0.29) is 31.1 Å². The van der Waals surface area contributed by atoms with E-state index in [9.17, 15) is 14.4 Å². The van der Waals surface area contributed by atoms with Gasteiger partial charge < -0.3 is 14.2 Å². The number of carbonyl (C=O) groups excluding carboxylic acids is 3. The Morgan fingerprint density at radius 2 is 0.534 bits per heavy atom. The lowest BCUT2D eigenvalue weighted by atomic mass is 10.0. The average Bonchev–Trinajstić information content (AvgIpc) is 3.39. The normalized spacial score (nSPS) is 12.4. The highest BCUT2D eigenvalue weighted by atomic mass is 16.6. The van der Waals surface area contributed by atoms with Gasteiger partial charge in [0.1, 0.15) is 13.2 Å². The van der Waals surface area contributed by atoms with Crippen LogP contribution >= 0.6 is 0 Å². The van der Waals surface area contributed by atoms with Crippen molar-refractivity contribution >= 4 is 17.9 Å². The molecular formula is C67H120O6. The first-order chi connectivity index (χ1) is 36.0. The van der Waals surface area contributed by atoms with Gasteiger partial charge >= 0.3 is 17.9 Å². The van der Waals surface area contributed by atoms with Crippen LogP contribution in [0.15, 0.2) is 60.8 Å². The molecule has 0 saturated heterocycles. The first-order valence-electron chi connectivity index (χ1n) is 31.8. The molecule has 0 aliphatic carbocycles. The molecule has 0 spiro atoms. The fraction of sp³-hybridized carbons (Fsp3) is 0.806. The Labute approximate surface area is 453 Å². The van der Waals surface area contributed by atoms with Crippen LogP contribution in [0.2, 0.25) is 0 Å². The molecular weight excluding hydrogens is 901 g/mol. The molecule has 6 heteroatoms. The summed E-state index contributed by atoms with van der Waals surface area (Å²) in [6, 6.07) is 0. The van der Waals surface area contributed by atoms with Crippen molar-refractivity contribution in [1.82, 2.24) is 0 Å². The van der Waals surface area contributed by atoms with Crippen LogP contribution in [0, 0.1) is 0 Å². The van der Waals surface area contributed by atoms with Crippen molar-refractivity contribution in [3.05, 3.63) is 60.8 Å². The lowest BCUT2D eigenvalue weighted by Gasteiger charge is -2.18. The Kier molecular flexibility index (Phi) is 59.2. The number of hydrogen-bond donors (Lipinski definition) is 0. The fourth-order valence-corrected chi connectivity index (χ4v) is 9.25. The van der Waals surface area contributed by atoms with Gasteiger partial charge in [-0.2, -0.15) is 0 Å². The SMILES string of the molecule is CC/C=C\C/C=C\C/C=C\C/C=C\CCCCCCCCCCCCCCCCCCCCC(=O)OCC(COC(=O)CCCCCCCCC)OC(=O)CCCCCCCCC/C=C\CCCCCCCC. The van der Waals surface area contributed by atoms with Crippen molar-refractivity contribution in [2.24, 2.45) is 0 Å². The van der Waals surface area contributed by atoms with Gasteiger partial charge in [-0.05, 0) is 83.5 Å². The van der Waals surface area contributed by atoms with Gasteiger partial charge in [0.2, 0.25) is 0 Å². The summed E-state index contributed by atoms with van der Waals surface area (Å²) < 4.78 is 16.8. The van der Waals surface area contributed by atoms with Crippen LogP contribution in [0.3, 0.4) is 0 Å². The molecule has 0 fully saturated rings. The molecule has 424 valence electrons. The van der Waals surface area contributed by atoms with Crippen molar-refractivity contribution in [2.75, 3.05) is 13.2 Å². The molecule has 0 aromatic carbocycles. The third-order valence-corrected chi connectivity index (χ3v) is 14.0. The lowest BCUT2D eigenvalue weighted by Crippen LogP contribution is -2.30. The molecule has 0 aromatic rings. The Hall–Kier alpha value is -2.89. The fourth-order valence-electron chi connectivity index (χ4n) is 9.25. The second-order valence-corrected chi connectivity index (χ2v) is 21.3. The van der Waals surface area contributed by atoms with E-state index in [0.717, 1.165) is 83.5 Å². The van der Waals surface area contributed by atoms with Crippen molar-refractivity contribution in [3.63, 3.8) is 0 Å². The summed E-state index contributed by atoms with van der Waals surface area (Å²) in [5.41, 5.74) is 0. The molecule has 0 heterocycles. The maximum absolute atomic E-state index is 12.8. The topological polar surface area (TPSA) is 78.9 Å². The van der Waals surface area contributed by atoms with Gasteiger partial charge in [0.05, 0.1) is 0 Å². The van der Waals surface area contributed by atoms with Crippen LogP contribution in [0.4, 0.5) is 0 Å². The van der Waals surface area contributed by atoms with E-state index >= 15 is 0 Å². The average molecular weight is 1020 g/mol. The Morgan fingerprint density at radius 1 is 0.288 bits per heavy atom. The first kappa shape index (κ1) is 70.1. The molecule has 73 heavy (non-hydrogen) atoms. The smallest absolute Gasteiger partial charge is 0.306 e. The van der Waals surface area contributed by atoms with Crippen molar-refractivity contribution in [3.8, 4) is 0 Å². The number of allylic oxidation sites excluding steroid dienone is 10. The van der Waals surface area contributed by atoms with Crippen LogP contribution in [0.1, 0.15) is 329 Å². The van der Waals surface area contributed by atoms with E-state index in [2.05, 4.69) is 81.5 Å². The minimum absolute atomic E-state index is 0.0713. The molecule has 0 rings (SSSR count). The van der Waals surface area contributed by atoms with Gasteiger partial charge in [-0.25, -0.2) is 0 Å². The highest BCUT2D eigenvalue weighted by molar-refractivity contribution is 5.71. The minimum Gasteiger partial charge on any atom is -0.462 e. The zero-order valence-corrected chi connectivity index (χ0v) is 48.7. The van der Waals surface area contributed by atoms with Gasteiger partial charge in [-0.1, -0.05) is 287 Å². The van der Waals surface area contributed by atoms with E-state index in [1.165, 1.54) is 205 Å². The largest absolute Gasteiger partial charge is 0.462 e. The van der Waals surface area contributed by atoms with E-state index in [1.807, 2.05) is 0 Å². The summed E-state index contributed by atoms with van der Waals surface area (Å²) in [5.74, 6) is -0.866. The van der Waals surface area contributed by atoms with Crippen molar-refractivity contribution in [2.45, 2.75) is 335 Å². The summed E-state index contributed by atoms with van der Waals surface area (Å²) in [4.78, 5) is 38.0. The summed E-state index contributed by atoms with van der Waals surface area (Å²) in [6.45, 7) is 6.51. The van der Waals surface area contributed by atoms with E-state index in [0.29, 0.717) is 19.3 Å². The molecule has 1 unspecified atom stereocenters. The van der Waals surface area contributed by atoms with Crippen LogP contribution in [0.25, 0.3) is 0 Å². The summed E-state index contributed by atoms with van der Waals surface area (Å²) >= 11 is 0. The van der Waals surface area contributed by atoms with Crippen molar-refractivity contribution in [1.29, 1.82) is 0 Å². The number of ether oxygens (including phenoxy) is 3. The predicted molar refractivity (Wildman–Crippen MR) is 316 cm³/mol. The third-order valence-electron chi connectivity index (χ3n) is 14.0. The zero-order chi connectivity index (χ0) is 52.9. The maximum atomic E-state index is 12.8. The first-order valence-corrected chi connectivity index (χ1v) is 31.8. The Bertz CT molecular complexity index is 1310. The van der Waals surface area contributed by atoms with E-state index in [1.54, 1.807) is 0 Å². The quantitative estimate of drug-likeness (QED) is 0.0261. The van der Waals surface area contributed by atoms with Gasteiger partial charge in [-0.15, -0.1) is 0 Å². The highest BCUT2D eigenvalue weighted by Crippen LogP contribution is 2.17. The number of rotatable bonds is 58. The lowest BCUT2D eigenvalue weighted by molar-refractivity contribution is -0.167. The van der Waals surface area contributed by atoms with Gasteiger partial charge in [0.15, 0.2) is 6.10 Å². The summed E-state index contributed by atoms with van der Waals surface area (Å²) in [6.07, 6.45) is 78.3. The molecule has 0 saturated carbocycles. The second-order valence-electron chi connectivity index (χ2n) is 21.3.